The number of hydrogen-bond acceptors (Lipinski definition) is 12. The summed E-state index contributed by atoms with van der Waals surface area (Å²) in [5.74, 6) is -0.597. The molecule has 0 bridgehead atoms. The second kappa shape index (κ2) is 28.9. The summed E-state index contributed by atoms with van der Waals surface area (Å²) in [7, 11) is 0. The summed E-state index contributed by atoms with van der Waals surface area (Å²) in [4.78, 5) is 98.6. The predicted molar refractivity (Wildman–Crippen MR) is 332 cm³/mol. The molecule has 466 valence electrons. The third-order valence-electron chi connectivity index (χ3n) is 19.2. The van der Waals surface area contributed by atoms with Crippen molar-refractivity contribution in [1.82, 2.24) is 50.8 Å². The summed E-state index contributed by atoms with van der Waals surface area (Å²) >= 11 is 0. The summed E-state index contributed by atoms with van der Waals surface area (Å²) in [6.45, 7) is 17.7. The number of piperidine rings is 2. The van der Waals surface area contributed by atoms with E-state index in [0.29, 0.717) is 62.7 Å². The van der Waals surface area contributed by atoms with Crippen LogP contribution < -0.4 is 37.3 Å². The monoisotopic (exact) mass is 1190 g/mol. The summed E-state index contributed by atoms with van der Waals surface area (Å²) in [5.41, 5.74) is 5.34. The quantitative estimate of drug-likeness (QED) is 0.0445. The Labute approximate surface area is 506 Å². The fraction of sp³-hybridized carbons (Fsp3) is 0.612. The first-order chi connectivity index (χ1) is 41.4. The van der Waals surface area contributed by atoms with E-state index in [9.17, 15) is 37.5 Å². The van der Waals surface area contributed by atoms with Gasteiger partial charge in [-0.15, -0.1) is 0 Å². The molecule has 10 rings (SSSR count). The van der Waals surface area contributed by atoms with Gasteiger partial charge in [-0.2, -0.15) is 0 Å². The topological polar surface area (TPSA) is 198 Å². The summed E-state index contributed by atoms with van der Waals surface area (Å²) < 4.78 is 27.2. The third-order valence-corrected chi connectivity index (χ3v) is 19.2. The van der Waals surface area contributed by atoms with Gasteiger partial charge < -0.3 is 36.1 Å². The number of benzene rings is 2. The number of H-pyrrole nitrogens is 2. The van der Waals surface area contributed by atoms with Crippen LogP contribution in [0.2, 0.25) is 0 Å². The number of carbonyl (C=O) groups excluding carboxylic acids is 4. The average molecular weight is 1190 g/mol. The number of Topliss-reactive ketones (excluding diaryl/α,β-unsaturated/α-hetero) is 1. The van der Waals surface area contributed by atoms with Crippen molar-refractivity contribution in [1.29, 1.82) is 0 Å². The van der Waals surface area contributed by atoms with Gasteiger partial charge in [-0.25, -0.2) is 8.78 Å². The van der Waals surface area contributed by atoms with E-state index in [1.54, 1.807) is 24.3 Å². The van der Waals surface area contributed by atoms with Gasteiger partial charge in [0.05, 0.1) is 18.8 Å². The average Bonchev–Trinajstić information content (AvgIpc) is 2.41. The molecule has 7 atom stereocenters. The first-order valence-electron chi connectivity index (χ1n) is 32.2. The Hall–Kier alpha value is -5.96. The van der Waals surface area contributed by atoms with Crippen LogP contribution in [-0.2, 0) is 43.9 Å². The zero-order valence-corrected chi connectivity index (χ0v) is 51.3. The SMILES string of the molecule is C[C@@H]1CN(CC(=O)C2CC(C)(C)c3[nH]c(=O)c(Cc4ccc(F)cc4)cc32)[C@@H](CN2CCCC(NC(=O)CCCCCCCCC(=O)N[C@@H]3CCCN(C[C@H]4CN[C@H](C)CN4CC(=O)N4CCc5[nH]c(=O)c(Cc6ccc(F)cc6)cc54)C3)C2)CN1. The molecular formula is C67H93F2N11O6. The number of carbonyl (C=O) groups is 4. The molecule has 0 radical (unpaired) electrons. The van der Waals surface area contributed by atoms with Crippen molar-refractivity contribution in [3.05, 3.63) is 132 Å². The number of likely N-dealkylation sites (tertiary alicyclic amines) is 2. The highest BCUT2D eigenvalue weighted by molar-refractivity contribution is 5.96. The van der Waals surface area contributed by atoms with Crippen LogP contribution in [0.5, 0.6) is 0 Å². The molecule has 3 amide bonds. The van der Waals surface area contributed by atoms with Gasteiger partial charge in [0.2, 0.25) is 17.7 Å². The van der Waals surface area contributed by atoms with Crippen molar-refractivity contribution in [3.8, 4) is 0 Å². The van der Waals surface area contributed by atoms with Crippen molar-refractivity contribution in [2.24, 2.45) is 0 Å². The summed E-state index contributed by atoms with van der Waals surface area (Å²) in [6, 6.07) is 17.0. The van der Waals surface area contributed by atoms with Gasteiger partial charge in [0.15, 0.2) is 5.78 Å². The highest BCUT2D eigenvalue weighted by Gasteiger charge is 2.43. The maximum absolute atomic E-state index is 14.4. The number of fused-ring (bicyclic) bond motifs is 2. The summed E-state index contributed by atoms with van der Waals surface area (Å²) in [5, 5.41) is 13.9. The molecule has 4 fully saturated rings. The van der Waals surface area contributed by atoms with Crippen LogP contribution in [-0.4, -0.2) is 174 Å². The van der Waals surface area contributed by atoms with Gasteiger partial charge in [-0.05, 0) is 125 Å². The summed E-state index contributed by atoms with van der Waals surface area (Å²) in [6.07, 6.45) is 12.5. The first-order valence-corrected chi connectivity index (χ1v) is 32.2. The molecule has 17 nitrogen and oxygen atoms in total. The molecule has 4 saturated heterocycles. The Balaban J connectivity index is 0.600. The normalized spacial score (nSPS) is 24.5. The maximum Gasteiger partial charge on any atom is 0.251 e. The molecule has 0 saturated carbocycles. The highest BCUT2D eigenvalue weighted by Crippen LogP contribution is 2.45. The molecule has 86 heavy (non-hydrogen) atoms. The van der Waals surface area contributed by atoms with E-state index in [-0.39, 0.29) is 100 Å². The number of aromatic amines is 2. The van der Waals surface area contributed by atoms with E-state index in [1.165, 1.54) is 24.3 Å². The lowest BCUT2D eigenvalue weighted by molar-refractivity contribution is -0.123. The third kappa shape index (κ3) is 16.6. The van der Waals surface area contributed by atoms with E-state index in [0.717, 1.165) is 163 Å². The number of piperazine rings is 2. The number of unbranched alkanes of at least 4 members (excludes halogenated alkanes) is 5. The molecule has 2 unspecified atom stereocenters. The van der Waals surface area contributed by atoms with Crippen molar-refractivity contribution < 1.29 is 28.0 Å². The van der Waals surface area contributed by atoms with Gasteiger partial charge in [0, 0.05) is 161 Å². The Morgan fingerprint density at radius 2 is 1.13 bits per heavy atom. The smallest absolute Gasteiger partial charge is 0.251 e. The first kappa shape index (κ1) is 63.1. The van der Waals surface area contributed by atoms with Crippen molar-refractivity contribution in [2.75, 3.05) is 90.0 Å². The number of nitrogens with one attached hydrogen (secondary N) is 6. The highest BCUT2D eigenvalue weighted by atomic mass is 19.1. The molecule has 4 aromatic rings. The zero-order chi connectivity index (χ0) is 60.5. The van der Waals surface area contributed by atoms with Crippen molar-refractivity contribution in [3.63, 3.8) is 0 Å². The second-order valence-electron chi connectivity index (χ2n) is 26.7. The number of hydrogen-bond donors (Lipinski definition) is 6. The fourth-order valence-corrected chi connectivity index (χ4v) is 14.5. The minimum Gasteiger partial charge on any atom is -0.352 e. The zero-order valence-electron chi connectivity index (χ0n) is 51.3. The van der Waals surface area contributed by atoms with Crippen LogP contribution in [0.1, 0.15) is 156 Å². The van der Waals surface area contributed by atoms with E-state index in [4.69, 9.17) is 0 Å². The molecule has 1 aliphatic carbocycles. The number of aromatic nitrogens is 2. The van der Waals surface area contributed by atoms with Gasteiger partial charge in [-0.3, -0.25) is 48.4 Å². The number of ketones is 1. The molecule has 2 aromatic carbocycles. The molecule has 19 heteroatoms. The van der Waals surface area contributed by atoms with E-state index >= 15 is 0 Å². The number of rotatable bonds is 24. The molecule has 6 N–H and O–H groups in total. The molecular weight excluding hydrogens is 1090 g/mol. The van der Waals surface area contributed by atoms with Crippen LogP contribution in [0.15, 0.2) is 70.3 Å². The minimum absolute atomic E-state index is 0.00849. The Kier molecular flexibility index (Phi) is 21.2. The minimum atomic E-state index is -0.359. The Morgan fingerprint density at radius 1 is 0.628 bits per heavy atom. The van der Waals surface area contributed by atoms with E-state index < -0.39 is 0 Å². The van der Waals surface area contributed by atoms with E-state index in [1.807, 2.05) is 17.0 Å². The van der Waals surface area contributed by atoms with Crippen LogP contribution in [0.3, 0.4) is 0 Å². The molecule has 6 aliphatic rings. The number of anilines is 1. The molecule has 7 heterocycles. The van der Waals surface area contributed by atoms with Gasteiger partial charge >= 0.3 is 0 Å². The molecule has 5 aliphatic heterocycles. The second-order valence-corrected chi connectivity index (χ2v) is 26.7. The van der Waals surface area contributed by atoms with Crippen molar-refractivity contribution >= 4 is 29.2 Å². The van der Waals surface area contributed by atoms with Crippen LogP contribution >= 0.6 is 0 Å². The predicted octanol–water partition coefficient (Wildman–Crippen LogP) is 6.05. The largest absolute Gasteiger partial charge is 0.352 e. The van der Waals surface area contributed by atoms with Gasteiger partial charge in [0.1, 0.15) is 11.6 Å². The Morgan fingerprint density at radius 3 is 1.67 bits per heavy atom. The maximum atomic E-state index is 14.4. The van der Waals surface area contributed by atoms with Crippen LogP contribution in [0.25, 0.3) is 0 Å². The molecule has 2 aromatic heterocycles. The fourth-order valence-electron chi connectivity index (χ4n) is 14.5. The van der Waals surface area contributed by atoms with Gasteiger partial charge in [0.25, 0.3) is 11.1 Å². The standard InChI is InChI=1S/C67H93F2N11O6/c1-44-36-78(42-60(81)57-33-67(3,4)64-56(57)31-48(66(86)75-64)29-46-17-21-50(68)22-18-46)54(34-70-44)40-76-26-11-13-52(38-76)72-61(82)15-9-7-5-6-8-10-16-62(83)73-53-14-12-27-77(39-53)41-55-35-71-45(2)37-79(55)43-63(84)80-28-25-58-59(80)32-49(65(85)74-58)30-47-19-23-51(69)24-20-47/h17-24,31-32,44-45,52-55,57,70-71H,5-16,25-30,33-43H2,1-4H3,(H,72,82)(H,73,83)(H,74,85)(H,75,86)/t44-,45-,52?,53-,54-,55-,57?/m1/s1. The van der Waals surface area contributed by atoms with Crippen LogP contribution in [0, 0.1) is 11.6 Å². The number of halogens is 2. The lowest BCUT2D eigenvalue weighted by Crippen LogP contribution is -2.61. The number of nitrogens with zero attached hydrogens (tertiary/aromatic N) is 5. The van der Waals surface area contributed by atoms with Crippen molar-refractivity contribution in [2.45, 2.75) is 178 Å². The van der Waals surface area contributed by atoms with E-state index in [2.05, 4.69) is 78.5 Å². The molecule has 0 spiro atoms. The lowest BCUT2D eigenvalue weighted by atomic mass is 9.87. The number of pyridine rings is 2. The Bertz CT molecular complexity index is 3120. The van der Waals surface area contributed by atoms with Gasteiger partial charge in [-0.1, -0.05) is 63.8 Å². The van der Waals surface area contributed by atoms with Crippen LogP contribution in [0.4, 0.5) is 14.5 Å². The number of amides is 3. The lowest BCUT2D eigenvalue weighted by Gasteiger charge is -2.43.